The fraction of sp³-hybridized carbons (Fsp3) is 1.00. The molecule has 48 heavy (non-hydrogen) atoms. The first kappa shape index (κ1) is 31.3. The van der Waals surface area contributed by atoms with Gasteiger partial charge in [-0.05, 0) is 160 Å². The fourth-order valence-corrected chi connectivity index (χ4v) is 19.5. The van der Waals surface area contributed by atoms with Crippen molar-refractivity contribution in [2.45, 2.75) is 158 Å². The highest BCUT2D eigenvalue weighted by Crippen LogP contribution is 2.80. The van der Waals surface area contributed by atoms with Crippen molar-refractivity contribution < 1.29 is 20.9 Å². The lowest BCUT2D eigenvalue weighted by molar-refractivity contribution is -0.704. The van der Waals surface area contributed by atoms with Crippen LogP contribution in [0.2, 0.25) is 0 Å². The Hall–Kier alpha value is -0.200. The van der Waals surface area contributed by atoms with Crippen LogP contribution in [0.1, 0.15) is 135 Å². The second-order valence-corrected chi connectivity index (χ2v) is 21.5. The third kappa shape index (κ3) is 3.89. The van der Waals surface area contributed by atoms with E-state index in [1.165, 1.54) is 129 Å². The minimum Gasteiger partial charge on any atom is -0.396 e. The summed E-state index contributed by atoms with van der Waals surface area (Å²) in [6.07, 6.45) is 28.7. The lowest BCUT2D eigenvalue weighted by Crippen LogP contribution is -2.96. The van der Waals surface area contributed by atoms with Crippen LogP contribution < -0.4 is 16.8 Å². The molecule has 0 aromatic rings. The molecule has 0 radical (unpaired) electrons. The average Bonchev–Trinajstić information content (AvgIpc) is 3.79. The molecule has 2 spiro atoms. The Morgan fingerprint density at radius 3 is 2.31 bits per heavy atom. The molecule has 12 rings (SSSR count). The average molecular weight is 662 g/mol. The summed E-state index contributed by atoms with van der Waals surface area (Å²) in [5.74, 6) is 12.3. The summed E-state index contributed by atoms with van der Waals surface area (Å²) in [6.45, 7) is 4.28. The normalized spacial score (nSPS) is 60.9. The summed E-state index contributed by atoms with van der Waals surface area (Å²) in [6, 6.07) is 0. The summed E-state index contributed by atoms with van der Waals surface area (Å²) < 4.78 is 8.42. The minimum absolute atomic E-state index is 0.00757. The van der Waals surface area contributed by atoms with Crippen molar-refractivity contribution in [1.29, 1.82) is 0 Å². The highest BCUT2D eigenvalue weighted by molar-refractivity contribution is 5.29. The fourth-order valence-electron chi connectivity index (χ4n) is 19.5. The molecule has 4 bridgehead atoms. The molecular weight excluding hydrogens is 590 g/mol. The van der Waals surface area contributed by atoms with Gasteiger partial charge < -0.3 is 20.9 Å². The molecule has 5 nitrogen and oxygen atoms in total. The Balaban J connectivity index is 1.11. The molecule has 268 valence electrons. The smallest absolute Gasteiger partial charge is 0.137 e. The molecule has 18 atom stereocenters. The van der Waals surface area contributed by atoms with Crippen LogP contribution in [0.3, 0.4) is 0 Å². The molecule has 9 aliphatic carbocycles. The number of rotatable bonds is 3. The van der Waals surface area contributed by atoms with Gasteiger partial charge in [-0.3, -0.25) is 5.73 Å². The van der Waals surface area contributed by atoms with Gasteiger partial charge >= 0.3 is 0 Å². The van der Waals surface area contributed by atoms with E-state index in [2.05, 4.69) is 12.2 Å². The van der Waals surface area contributed by atoms with Gasteiger partial charge in [0.25, 0.3) is 0 Å². The Morgan fingerprint density at radius 2 is 1.54 bits per heavy atom. The van der Waals surface area contributed by atoms with Crippen LogP contribution in [0.25, 0.3) is 0 Å². The Morgan fingerprint density at radius 1 is 0.750 bits per heavy atom. The Kier molecular flexibility index (Phi) is 6.98. The third-order valence-electron chi connectivity index (χ3n) is 20.3. The second kappa shape index (κ2) is 10.7. The zero-order valence-corrected chi connectivity index (χ0v) is 30.5. The van der Waals surface area contributed by atoms with Crippen LogP contribution in [0.5, 0.6) is 0 Å². The van der Waals surface area contributed by atoms with Gasteiger partial charge in [0.2, 0.25) is 0 Å². The van der Waals surface area contributed by atoms with Crippen LogP contribution in [-0.4, -0.2) is 41.2 Å². The summed E-state index contributed by atoms with van der Waals surface area (Å²) in [5.41, 5.74) is 12.5. The standard InChI is InChI=1S/C43H69N3O2/c1-40(26-8-2-3-9-26)39-30-15-13-27(22-47)42(39,45)23-43(48-40)32-20-41(17-4-5-18-41)19-31-34(25-12-16-33(44)46-21-25)28-10-6-7-24-11-14-29(38(30)43)37(35(24)28)36(31)32/h24-39,46-47H,2-23,44-45H2,1H3/p+2. The zero-order valence-electron chi connectivity index (χ0n) is 30.5. The number of aliphatic hydroxyl groups excluding tert-OH is 1. The second-order valence-electron chi connectivity index (χ2n) is 21.5. The van der Waals surface area contributed by atoms with Crippen molar-refractivity contribution in [3.05, 3.63) is 0 Å². The van der Waals surface area contributed by atoms with Gasteiger partial charge in [0, 0.05) is 30.6 Å². The van der Waals surface area contributed by atoms with E-state index in [-0.39, 0.29) is 16.7 Å². The molecule has 0 amide bonds. The van der Waals surface area contributed by atoms with Crippen LogP contribution in [0.4, 0.5) is 0 Å². The lowest BCUT2D eigenvalue weighted by atomic mass is 9.29. The number of piperidine rings is 1. The van der Waals surface area contributed by atoms with Gasteiger partial charge in [-0.25, -0.2) is 0 Å². The largest absolute Gasteiger partial charge is 0.396 e. The molecule has 9 saturated carbocycles. The van der Waals surface area contributed by atoms with Crippen molar-refractivity contribution >= 4 is 0 Å². The molecule has 8 N–H and O–H groups in total. The number of aliphatic hydroxyl groups is 1. The van der Waals surface area contributed by atoms with Gasteiger partial charge in [0.05, 0.1) is 24.4 Å². The number of fused-ring (bicyclic) bond motifs is 1. The predicted octanol–water partition coefficient (Wildman–Crippen LogP) is 5.50. The number of nitrogens with two attached hydrogens (primary N) is 2. The SMILES string of the molecule is CC1(C2CCCC2)OC23CC4([NH3+])C(CO)CCC(C41)C2C1CCC2CCCC4C(C5CCC(N)[NH2+]C5)C5CC6(CCCC6)CC3C5C1C24. The number of quaternary nitrogens is 2. The molecule has 12 aliphatic rings. The van der Waals surface area contributed by atoms with E-state index in [1.54, 1.807) is 6.42 Å². The molecule has 3 heterocycles. The number of ether oxygens (including phenoxy) is 1. The van der Waals surface area contributed by atoms with Crippen LogP contribution in [-0.2, 0) is 4.74 Å². The predicted molar refractivity (Wildman–Crippen MR) is 187 cm³/mol. The summed E-state index contributed by atoms with van der Waals surface area (Å²) in [7, 11) is 0. The highest BCUT2D eigenvalue weighted by atomic mass is 16.5. The van der Waals surface area contributed by atoms with E-state index in [4.69, 9.17) is 16.2 Å². The van der Waals surface area contributed by atoms with Crippen molar-refractivity contribution in [1.82, 2.24) is 0 Å². The zero-order chi connectivity index (χ0) is 32.2. The van der Waals surface area contributed by atoms with Crippen LogP contribution in [0.15, 0.2) is 0 Å². The number of hydrogen-bond donors (Lipinski definition) is 4. The molecular formula is C43H71N3O2+2. The number of hydrogen-bond acceptors (Lipinski definition) is 3. The highest BCUT2D eigenvalue weighted by Gasteiger charge is 2.82. The van der Waals surface area contributed by atoms with E-state index >= 15 is 0 Å². The minimum atomic E-state index is -0.0543. The van der Waals surface area contributed by atoms with Gasteiger partial charge in [-0.15, -0.1) is 0 Å². The van der Waals surface area contributed by atoms with Crippen molar-refractivity contribution in [2.75, 3.05) is 13.2 Å². The van der Waals surface area contributed by atoms with Gasteiger partial charge in [0.15, 0.2) is 0 Å². The monoisotopic (exact) mass is 662 g/mol. The van der Waals surface area contributed by atoms with Crippen molar-refractivity contribution in [2.24, 2.45) is 99.9 Å². The topological polar surface area (TPSA) is 99.7 Å². The molecule has 3 saturated heterocycles. The molecule has 3 aliphatic heterocycles. The molecule has 18 unspecified atom stereocenters. The maximum Gasteiger partial charge on any atom is 0.137 e. The van der Waals surface area contributed by atoms with E-state index in [9.17, 15) is 5.11 Å². The Bertz CT molecular complexity index is 1270. The first-order chi connectivity index (χ1) is 23.3. The molecule has 12 fully saturated rings. The molecule has 0 aromatic heterocycles. The molecule has 0 aromatic carbocycles. The molecule has 5 heteroatoms. The van der Waals surface area contributed by atoms with E-state index in [0.29, 0.717) is 35.9 Å². The van der Waals surface area contributed by atoms with E-state index in [1.807, 2.05) is 0 Å². The summed E-state index contributed by atoms with van der Waals surface area (Å²) in [4.78, 5) is 0. The van der Waals surface area contributed by atoms with Gasteiger partial charge in [-0.1, -0.05) is 38.5 Å². The maximum absolute atomic E-state index is 11.1. The Labute approximate surface area is 291 Å². The first-order valence-electron chi connectivity index (χ1n) is 22.1. The van der Waals surface area contributed by atoms with Gasteiger partial charge in [0.1, 0.15) is 11.7 Å². The van der Waals surface area contributed by atoms with E-state index < -0.39 is 0 Å². The van der Waals surface area contributed by atoms with Crippen LogP contribution >= 0.6 is 0 Å². The third-order valence-corrected chi connectivity index (χ3v) is 20.3. The van der Waals surface area contributed by atoms with Crippen molar-refractivity contribution in [3.8, 4) is 0 Å². The maximum atomic E-state index is 11.1. The van der Waals surface area contributed by atoms with Gasteiger partial charge in [-0.2, -0.15) is 0 Å². The first-order valence-corrected chi connectivity index (χ1v) is 22.1. The van der Waals surface area contributed by atoms with E-state index in [0.717, 1.165) is 71.0 Å². The lowest BCUT2D eigenvalue weighted by Gasteiger charge is -2.80. The quantitative estimate of drug-likeness (QED) is 0.322. The van der Waals surface area contributed by atoms with Crippen LogP contribution in [0, 0.1) is 94.2 Å². The summed E-state index contributed by atoms with van der Waals surface area (Å²) >= 11 is 0. The summed E-state index contributed by atoms with van der Waals surface area (Å²) in [5, 5.41) is 13.7. The van der Waals surface area contributed by atoms with Crippen molar-refractivity contribution in [3.63, 3.8) is 0 Å².